The van der Waals surface area contributed by atoms with Crippen LogP contribution in [0.15, 0.2) is 63.5 Å². The van der Waals surface area contributed by atoms with Crippen LogP contribution < -0.4 is 24.4 Å². The first-order chi connectivity index (χ1) is 15.9. The van der Waals surface area contributed by atoms with Crippen LogP contribution in [0.4, 0.5) is 0 Å². The highest BCUT2D eigenvalue weighted by molar-refractivity contribution is 7.07. The van der Waals surface area contributed by atoms with Crippen molar-refractivity contribution in [3.63, 3.8) is 0 Å². The summed E-state index contributed by atoms with van der Waals surface area (Å²) in [4.78, 5) is 31.2. The van der Waals surface area contributed by atoms with Crippen LogP contribution in [0.25, 0.3) is 6.08 Å². The Kier molecular flexibility index (Phi) is 6.40. The van der Waals surface area contributed by atoms with E-state index in [4.69, 9.17) is 25.8 Å². The van der Waals surface area contributed by atoms with Gasteiger partial charge in [0, 0.05) is 5.02 Å². The normalized spacial score (nSPS) is 15.7. The first-order valence-electron chi connectivity index (χ1n) is 9.96. The van der Waals surface area contributed by atoms with Crippen LogP contribution >= 0.6 is 22.9 Å². The number of esters is 1. The largest absolute Gasteiger partial charge is 0.493 e. The summed E-state index contributed by atoms with van der Waals surface area (Å²) < 4.78 is 17.7. The van der Waals surface area contributed by atoms with Gasteiger partial charge in [-0.15, -0.1) is 0 Å². The summed E-state index contributed by atoms with van der Waals surface area (Å²) >= 11 is 7.32. The zero-order valence-corrected chi connectivity index (χ0v) is 20.0. The molecule has 0 spiro atoms. The molecule has 1 aromatic heterocycles. The van der Waals surface area contributed by atoms with Crippen molar-refractivity contribution >= 4 is 35.0 Å². The Hall–Kier alpha value is -3.36. The maximum atomic E-state index is 13.5. The third-order valence-electron chi connectivity index (χ3n) is 5.32. The second-order valence-electron chi connectivity index (χ2n) is 7.24. The summed E-state index contributed by atoms with van der Waals surface area (Å²) in [7, 11) is 4.43. The molecule has 2 heterocycles. The summed E-state index contributed by atoms with van der Waals surface area (Å²) in [6.45, 7) is 1.74. The first-order valence-corrected chi connectivity index (χ1v) is 11.2. The van der Waals surface area contributed by atoms with Crippen molar-refractivity contribution in [2.75, 3.05) is 21.3 Å². The van der Waals surface area contributed by atoms with Gasteiger partial charge in [0.05, 0.1) is 43.2 Å². The van der Waals surface area contributed by atoms with Crippen LogP contribution in [0, 0.1) is 0 Å². The molecule has 0 radical (unpaired) electrons. The number of carbonyl (C=O) groups is 1. The fourth-order valence-electron chi connectivity index (χ4n) is 3.75. The van der Waals surface area contributed by atoms with Gasteiger partial charge in [-0.3, -0.25) is 9.36 Å². The Morgan fingerprint density at radius 2 is 1.79 bits per heavy atom. The van der Waals surface area contributed by atoms with Crippen LogP contribution in [-0.2, 0) is 9.53 Å². The Balaban J connectivity index is 1.93. The van der Waals surface area contributed by atoms with Gasteiger partial charge in [0.25, 0.3) is 5.56 Å². The molecule has 0 amide bonds. The molecule has 1 aliphatic heterocycles. The average Bonchev–Trinajstić information content (AvgIpc) is 3.12. The number of ether oxygens (including phenoxy) is 3. The van der Waals surface area contributed by atoms with Gasteiger partial charge in [0.15, 0.2) is 16.3 Å². The SMILES string of the molecule is COC(=O)C1=C(C)N=c2s/c(=C/c3ccc(OC)c(OC)c3)c(=O)n2[C@H]1c1ccc(Cl)cc1. The molecule has 33 heavy (non-hydrogen) atoms. The summed E-state index contributed by atoms with van der Waals surface area (Å²) in [5.41, 5.74) is 2.05. The number of carbonyl (C=O) groups excluding carboxylic acids is 1. The van der Waals surface area contributed by atoms with Crippen molar-refractivity contribution in [1.82, 2.24) is 4.57 Å². The Morgan fingerprint density at radius 1 is 1.09 bits per heavy atom. The zero-order chi connectivity index (χ0) is 23.7. The van der Waals surface area contributed by atoms with Gasteiger partial charge >= 0.3 is 5.97 Å². The fraction of sp³-hybridized carbons (Fsp3) is 0.208. The number of nitrogens with zero attached hydrogens (tertiary/aromatic N) is 2. The second kappa shape index (κ2) is 9.25. The zero-order valence-electron chi connectivity index (χ0n) is 18.4. The maximum absolute atomic E-state index is 13.5. The number of hydrogen-bond donors (Lipinski definition) is 0. The predicted molar refractivity (Wildman–Crippen MR) is 127 cm³/mol. The third kappa shape index (κ3) is 4.19. The molecule has 0 aliphatic carbocycles. The number of rotatable bonds is 5. The van der Waals surface area contributed by atoms with Gasteiger partial charge in [-0.2, -0.15) is 0 Å². The van der Waals surface area contributed by atoms with E-state index in [1.165, 1.54) is 23.0 Å². The van der Waals surface area contributed by atoms with Crippen molar-refractivity contribution < 1.29 is 19.0 Å². The molecule has 0 bridgehead atoms. The fourth-order valence-corrected chi connectivity index (χ4v) is 4.92. The molecule has 1 aliphatic rings. The monoisotopic (exact) mass is 484 g/mol. The lowest BCUT2D eigenvalue weighted by atomic mass is 9.96. The van der Waals surface area contributed by atoms with E-state index in [2.05, 4.69) is 4.99 Å². The van der Waals surface area contributed by atoms with Gasteiger partial charge < -0.3 is 14.2 Å². The van der Waals surface area contributed by atoms with E-state index in [1.807, 2.05) is 6.07 Å². The van der Waals surface area contributed by atoms with Gasteiger partial charge in [-0.1, -0.05) is 41.1 Å². The number of benzene rings is 2. The van der Waals surface area contributed by atoms with Crippen LogP contribution in [0.2, 0.25) is 5.02 Å². The minimum absolute atomic E-state index is 0.262. The molecule has 9 heteroatoms. The van der Waals surface area contributed by atoms with Crippen molar-refractivity contribution in [2.24, 2.45) is 4.99 Å². The van der Waals surface area contributed by atoms with Gasteiger partial charge in [-0.25, -0.2) is 9.79 Å². The summed E-state index contributed by atoms with van der Waals surface area (Å²) in [5.74, 6) is 0.615. The topological polar surface area (TPSA) is 79.1 Å². The van der Waals surface area contributed by atoms with E-state index < -0.39 is 12.0 Å². The summed E-state index contributed by atoms with van der Waals surface area (Å²) in [6, 6.07) is 11.7. The van der Waals surface area contributed by atoms with E-state index in [-0.39, 0.29) is 5.56 Å². The Morgan fingerprint density at radius 3 is 2.42 bits per heavy atom. The summed E-state index contributed by atoms with van der Waals surface area (Å²) in [5, 5.41) is 0.555. The molecular formula is C24H21ClN2O5S. The highest BCUT2D eigenvalue weighted by Gasteiger charge is 2.33. The molecular weight excluding hydrogens is 464 g/mol. The lowest BCUT2D eigenvalue weighted by molar-refractivity contribution is -0.136. The van der Waals surface area contributed by atoms with Crippen LogP contribution in [0.3, 0.4) is 0 Å². The molecule has 0 saturated carbocycles. The molecule has 3 aromatic rings. The molecule has 2 aromatic carbocycles. The van der Waals surface area contributed by atoms with Crippen molar-refractivity contribution in [2.45, 2.75) is 13.0 Å². The molecule has 1 atom stereocenters. The van der Waals surface area contributed by atoms with E-state index >= 15 is 0 Å². The second-order valence-corrected chi connectivity index (χ2v) is 8.68. The van der Waals surface area contributed by atoms with Crippen molar-refractivity contribution in [3.8, 4) is 11.5 Å². The Bertz CT molecular complexity index is 1440. The van der Waals surface area contributed by atoms with E-state index in [0.717, 1.165) is 11.1 Å². The third-order valence-corrected chi connectivity index (χ3v) is 6.55. The number of fused-ring (bicyclic) bond motifs is 1. The van der Waals surface area contributed by atoms with E-state index in [0.29, 0.717) is 37.1 Å². The van der Waals surface area contributed by atoms with Crippen molar-refractivity contribution in [3.05, 3.63) is 89.6 Å². The summed E-state index contributed by atoms with van der Waals surface area (Å²) in [6.07, 6.45) is 1.77. The van der Waals surface area contributed by atoms with Crippen LogP contribution in [0.5, 0.6) is 11.5 Å². The van der Waals surface area contributed by atoms with Gasteiger partial charge in [-0.05, 0) is 48.4 Å². The molecule has 0 N–H and O–H groups in total. The number of hydrogen-bond acceptors (Lipinski definition) is 7. The highest BCUT2D eigenvalue weighted by Crippen LogP contribution is 2.31. The number of aromatic nitrogens is 1. The van der Waals surface area contributed by atoms with Gasteiger partial charge in [0.2, 0.25) is 0 Å². The predicted octanol–water partition coefficient (Wildman–Crippen LogP) is 3.08. The highest BCUT2D eigenvalue weighted by atomic mass is 35.5. The lowest BCUT2D eigenvalue weighted by Crippen LogP contribution is -2.39. The van der Waals surface area contributed by atoms with Crippen LogP contribution in [0.1, 0.15) is 24.1 Å². The lowest BCUT2D eigenvalue weighted by Gasteiger charge is -2.24. The molecule has 4 rings (SSSR count). The van der Waals surface area contributed by atoms with Gasteiger partial charge in [0.1, 0.15) is 0 Å². The molecule has 0 unspecified atom stereocenters. The minimum Gasteiger partial charge on any atom is -0.493 e. The molecule has 0 fully saturated rings. The quantitative estimate of drug-likeness (QED) is 0.520. The smallest absolute Gasteiger partial charge is 0.338 e. The number of thiazole rings is 1. The van der Waals surface area contributed by atoms with Crippen molar-refractivity contribution in [1.29, 1.82) is 0 Å². The molecule has 7 nitrogen and oxygen atoms in total. The number of methoxy groups -OCH3 is 3. The Labute approximate surface area is 198 Å². The van der Waals surface area contributed by atoms with E-state index in [9.17, 15) is 9.59 Å². The van der Waals surface area contributed by atoms with Crippen LogP contribution in [-0.4, -0.2) is 31.9 Å². The minimum atomic E-state index is -0.682. The molecule has 0 saturated heterocycles. The average molecular weight is 485 g/mol. The first kappa shape index (κ1) is 22.8. The molecule has 170 valence electrons. The number of halogens is 1. The number of allylic oxidation sites excluding steroid dienone is 1. The van der Waals surface area contributed by atoms with E-state index in [1.54, 1.807) is 63.6 Å². The maximum Gasteiger partial charge on any atom is 0.338 e. The standard InChI is InChI=1S/C24H21ClN2O5S/c1-13-20(23(29)32-4)21(15-6-8-16(25)9-7-15)27-22(28)19(33-24(27)26-13)12-14-5-10-17(30-2)18(11-14)31-3/h5-12,21H,1-4H3/b19-12+/t21-/m0/s1.